The summed E-state index contributed by atoms with van der Waals surface area (Å²) in [5, 5.41) is 11.3. The van der Waals surface area contributed by atoms with Crippen LogP contribution in [0.25, 0.3) is 10.8 Å². The summed E-state index contributed by atoms with van der Waals surface area (Å²) in [6.07, 6.45) is 0.693. The van der Waals surface area contributed by atoms with E-state index in [-0.39, 0.29) is 5.41 Å². The molecule has 0 aliphatic rings. The molecule has 3 heteroatoms. The Labute approximate surface area is 124 Å². The van der Waals surface area contributed by atoms with Crippen molar-refractivity contribution >= 4 is 22.4 Å². The number of ether oxygens (including phenoxy) is 1. The van der Waals surface area contributed by atoms with Crippen LogP contribution in [0.15, 0.2) is 36.4 Å². The van der Waals surface area contributed by atoms with Gasteiger partial charge in [-0.3, -0.25) is 0 Å². The molecule has 0 heterocycles. The zero-order chi connectivity index (χ0) is 14.6. The van der Waals surface area contributed by atoms with Crippen LogP contribution >= 0.6 is 11.6 Å². The van der Waals surface area contributed by atoms with E-state index in [1.807, 2.05) is 38.1 Å². The van der Waals surface area contributed by atoms with Gasteiger partial charge in [-0.25, -0.2) is 0 Å². The minimum Gasteiger partial charge on any atom is -0.493 e. The largest absolute Gasteiger partial charge is 0.493 e. The number of nitriles is 1. The molecule has 2 nitrogen and oxygen atoms in total. The van der Waals surface area contributed by atoms with Gasteiger partial charge in [0, 0.05) is 5.56 Å². The van der Waals surface area contributed by atoms with E-state index in [0.717, 1.165) is 22.1 Å². The quantitative estimate of drug-likeness (QED) is 0.733. The number of hydrogen-bond donors (Lipinski definition) is 0. The Morgan fingerprint density at radius 2 is 1.95 bits per heavy atom. The van der Waals surface area contributed by atoms with Crippen molar-refractivity contribution in [3.63, 3.8) is 0 Å². The second-order valence-electron chi connectivity index (χ2n) is 5.49. The van der Waals surface area contributed by atoms with Gasteiger partial charge in [-0.2, -0.15) is 5.26 Å². The van der Waals surface area contributed by atoms with Crippen LogP contribution < -0.4 is 4.74 Å². The lowest BCUT2D eigenvalue weighted by Gasteiger charge is -2.17. The Bertz CT molecular complexity index is 643. The van der Waals surface area contributed by atoms with Crippen LogP contribution in [0.4, 0.5) is 0 Å². The molecule has 0 unspecified atom stereocenters. The van der Waals surface area contributed by atoms with Gasteiger partial charge in [-0.1, -0.05) is 30.3 Å². The summed E-state index contributed by atoms with van der Waals surface area (Å²) in [6, 6.07) is 14.4. The van der Waals surface area contributed by atoms with Crippen LogP contribution in [0.3, 0.4) is 0 Å². The fourth-order valence-corrected chi connectivity index (χ4v) is 2.34. The number of halogens is 1. The Morgan fingerprint density at radius 1 is 1.20 bits per heavy atom. The van der Waals surface area contributed by atoms with Crippen molar-refractivity contribution in [3.8, 4) is 11.8 Å². The summed E-state index contributed by atoms with van der Waals surface area (Å²) in [5.74, 6) is 1.23. The maximum Gasteiger partial charge on any atom is 0.124 e. The summed E-state index contributed by atoms with van der Waals surface area (Å²) in [4.78, 5) is 0. The zero-order valence-electron chi connectivity index (χ0n) is 11.8. The fourth-order valence-electron chi connectivity index (χ4n) is 2.06. The minimum absolute atomic E-state index is 0.363. The predicted octanol–water partition coefficient (Wildman–Crippen LogP) is 4.90. The maximum absolute atomic E-state index is 9.01. The first kappa shape index (κ1) is 14.7. The van der Waals surface area contributed by atoms with Gasteiger partial charge in [0.1, 0.15) is 5.75 Å². The van der Waals surface area contributed by atoms with Gasteiger partial charge in [0.2, 0.25) is 0 Å². The van der Waals surface area contributed by atoms with E-state index >= 15 is 0 Å². The van der Waals surface area contributed by atoms with E-state index < -0.39 is 0 Å². The molecule has 20 heavy (non-hydrogen) atoms. The molecule has 0 bridgehead atoms. The van der Waals surface area contributed by atoms with Gasteiger partial charge in [-0.05, 0) is 37.1 Å². The van der Waals surface area contributed by atoms with Crippen molar-refractivity contribution in [1.29, 1.82) is 5.26 Å². The van der Waals surface area contributed by atoms with E-state index in [9.17, 15) is 0 Å². The van der Waals surface area contributed by atoms with Crippen LogP contribution in [0, 0.1) is 16.7 Å². The molecule has 2 rings (SSSR count). The number of fused-ring (bicyclic) bond motifs is 1. The molecule has 0 saturated carbocycles. The smallest absolute Gasteiger partial charge is 0.124 e. The van der Waals surface area contributed by atoms with E-state index in [0.29, 0.717) is 18.9 Å². The molecular formula is C17H18ClNO. The highest BCUT2D eigenvalue weighted by atomic mass is 35.5. The van der Waals surface area contributed by atoms with Crippen molar-refractivity contribution in [2.24, 2.45) is 5.41 Å². The van der Waals surface area contributed by atoms with Crippen molar-refractivity contribution in [2.75, 3.05) is 6.61 Å². The Morgan fingerprint density at radius 3 is 2.65 bits per heavy atom. The average molecular weight is 288 g/mol. The van der Waals surface area contributed by atoms with Gasteiger partial charge in [0.25, 0.3) is 0 Å². The lowest BCUT2D eigenvalue weighted by atomic mass is 9.92. The summed E-state index contributed by atoms with van der Waals surface area (Å²) < 4.78 is 5.84. The Hall–Kier alpha value is -1.72. The third-order valence-corrected chi connectivity index (χ3v) is 3.69. The third kappa shape index (κ3) is 3.23. The third-order valence-electron chi connectivity index (χ3n) is 3.42. The minimum atomic E-state index is -0.363. The highest BCUT2D eigenvalue weighted by Gasteiger charge is 2.17. The molecule has 104 valence electrons. The highest BCUT2D eigenvalue weighted by Crippen LogP contribution is 2.30. The first-order chi connectivity index (χ1) is 9.57. The molecule has 0 saturated heterocycles. The number of rotatable bonds is 5. The van der Waals surface area contributed by atoms with E-state index in [2.05, 4.69) is 18.2 Å². The molecular weight excluding hydrogens is 270 g/mol. The summed E-state index contributed by atoms with van der Waals surface area (Å²) in [5.41, 5.74) is 0.650. The lowest BCUT2D eigenvalue weighted by Crippen LogP contribution is -2.13. The molecule has 0 spiro atoms. The van der Waals surface area contributed by atoms with Crippen LogP contribution in [0.5, 0.6) is 5.75 Å². The van der Waals surface area contributed by atoms with Crippen LogP contribution in [-0.2, 0) is 5.88 Å². The summed E-state index contributed by atoms with van der Waals surface area (Å²) in [6.45, 7) is 4.35. The topological polar surface area (TPSA) is 33.0 Å². The summed E-state index contributed by atoms with van der Waals surface area (Å²) >= 11 is 6.07. The molecule has 0 aliphatic heterocycles. The van der Waals surface area contributed by atoms with Gasteiger partial charge >= 0.3 is 0 Å². The second kappa shape index (κ2) is 6.15. The normalized spacial score (nSPS) is 11.3. The number of hydrogen-bond acceptors (Lipinski definition) is 2. The monoisotopic (exact) mass is 287 g/mol. The first-order valence-corrected chi connectivity index (χ1v) is 7.21. The van der Waals surface area contributed by atoms with Crippen molar-refractivity contribution in [3.05, 3.63) is 42.0 Å². The van der Waals surface area contributed by atoms with Crippen molar-refractivity contribution in [2.45, 2.75) is 26.1 Å². The molecule has 0 aliphatic carbocycles. The molecule has 0 N–H and O–H groups in total. The van der Waals surface area contributed by atoms with E-state index in [1.165, 1.54) is 0 Å². The molecule has 2 aromatic rings. The van der Waals surface area contributed by atoms with Gasteiger partial charge in [-0.15, -0.1) is 11.6 Å². The molecule has 2 aromatic carbocycles. The van der Waals surface area contributed by atoms with Gasteiger partial charge in [0.05, 0.1) is 24.0 Å². The van der Waals surface area contributed by atoms with Gasteiger partial charge in [0.15, 0.2) is 0 Å². The molecule has 0 amide bonds. The number of alkyl halides is 1. The van der Waals surface area contributed by atoms with Crippen LogP contribution in [-0.4, -0.2) is 6.61 Å². The SMILES string of the molecule is CC(C)(C#N)CCOc1ccc2ccccc2c1CCl. The van der Waals surface area contributed by atoms with Crippen molar-refractivity contribution in [1.82, 2.24) is 0 Å². The fraction of sp³-hybridized carbons (Fsp3) is 0.353. The lowest BCUT2D eigenvalue weighted by molar-refractivity contribution is 0.263. The van der Waals surface area contributed by atoms with Crippen LogP contribution in [0.2, 0.25) is 0 Å². The van der Waals surface area contributed by atoms with E-state index in [1.54, 1.807) is 0 Å². The van der Waals surface area contributed by atoms with Crippen molar-refractivity contribution < 1.29 is 4.74 Å². The first-order valence-electron chi connectivity index (χ1n) is 6.68. The number of benzene rings is 2. The average Bonchev–Trinajstić information content (AvgIpc) is 2.46. The second-order valence-corrected chi connectivity index (χ2v) is 5.76. The Kier molecular flexibility index (Phi) is 4.52. The highest BCUT2D eigenvalue weighted by molar-refractivity contribution is 6.18. The molecule has 0 radical (unpaired) electrons. The zero-order valence-corrected chi connectivity index (χ0v) is 12.6. The van der Waals surface area contributed by atoms with Crippen LogP contribution in [0.1, 0.15) is 25.8 Å². The standard InChI is InChI=1S/C17H18ClNO/c1-17(2,12-19)9-10-20-16-8-7-13-5-3-4-6-14(13)15(16)11-18/h3-8H,9-11H2,1-2H3. The number of nitrogens with zero attached hydrogens (tertiary/aromatic N) is 1. The summed E-state index contributed by atoms with van der Waals surface area (Å²) in [7, 11) is 0. The molecule has 0 fully saturated rings. The molecule has 0 atom stereocenters. The Balaban J connectivity index is 2.20. The molecule has 0 aromatic heterocycles. The predicted molar refractivity (Wildman–Crippen MR) is 83.0 cm³/mol. The van der Waals surface area contributed by atoms with Gasteiger partial charge < -0.3 is 4.74 Å². The maximum atomic E-state index is 9.01. The van der Waals surface area contributed by atoms with E-state index in [4.69, 9.17) is 21.6 Å².